The molecule has 1 fully saturated rings. The van der Waals surface area contributed by atoms with Gasteiger partial charge in [0.15, 0.2) is 0 Å². The first-order valence-corrected chi connectivity index (χ1v) is 15.0. The van der Waals surface area contributed by atoms with Gasteiger partial charge in [-0.2, -0.15) is 0 Å². The molecule has 12 heteroatoms. The molecule has 0 aromatic heterocycles. The van der Waals surface area contributed by atoms with Gasteiger partial charge in [0.1, 0.15) is 30.8 Å². The van der Waals surface area contributed by atoms with Crippen molar-refractivity contribution in [3.8, 4) is 0 Å². The maximum Gasteiger partial charge on any atom is 0.326 e. The van der Waals surface area contributed by atoms with Crippen LogP contribution in [0.4, 0.5) is 0 Å². The van der Waals surface area contributed by atoms with Crippen molar-refractivity contribution in [1.82, 2.24) is 21.3 Å². The van der Waals surface area contributed by atoms with Gasteiger partial charge in [0.05, 0.1) is 6.42 Å². The lowest BCUT2D eigenvalue weighted by Gasteiger charge is -2.27. The summed E-state index contributed by atoms with van der Waals surface area (Å²) in [6, 6.07) is 6.32. The number of carbonyl (C=O) groups excluding carboxylic acids is 5. The summed E-state index contributed by atoms with van der Waals surface area (Å²) in [5.74, 6) is -2.09. The van der Waals surface area contributed by atoms with Gasteiger partial charge in [-0.3, -0.25) is 24.0 Å². The van der Waals surface area contributed by atoms with E-state index in [9.17, 15) is 24.0 Å². The van der Waals surface area contributed by atoms with Gasteiger partial charge in [-0.1, -0.05) is 71.8 Å². The van der Waals surface area contributed by atoms with E-state index in [0.717, 1.165) is 5.56 Å². The number of nitrogens with one attached hydrogen (secondary N) is 4. The average molecular weight is 563 g/mol. The molecule has 2 aliphatic heterocycles. The van der Waals surface area contributed by atoms with E-state index in [-0.39, 0.29) is 24.5 Å². The molecule has 1 aromatic carbocycles. The standard InChI is InChI=1S/C26H34N4O6S2/c1-16(2)23-26(35)29-20-15-38-37-11-7-6-10-18(13-21(31)30-23)36-22(32)14-27-24(33)19(28-25(20)34)12-17-8-4-3-5-9-17/h3-6,8-10,16,18-20,23H,7,11-15H2,1-2H3,(H,27,33)(H,28,34)(H,29,35)(H,30,31)/b10-6+/t18?,19-,20-,23-/m1/s1. The SMILES string of the molecule is CC(C)[C@H]1NC(=O)CC2/C=C/CCSSC[C@@H](NC1=O)C(=O)N[C@H](Cc1ccccc1)C(=O)NCC(=O)O2. The van der Waals surface area contributed by atoms with Gasteiger partial charge >= 0.3 is 5.97 Å². The van der Waals surface area contributed by atoms with Crippen LogP contribution in [0, 0.1) is 5.92 Å². The van der Waals surface area contributed by atoms with Gasteiger partial charge < -0.3 is 26.0 Å². The van der Waals surface area contributed by atoms with Crippen LogP contribution in [0.25, 0.3) is 0 Å². The van der Waals surface area contributed by atoms with Crippen molar-refractivity contribution >= 4 is 51.2 Å². The quantitative estimate of drug-likeness (QED) is 0.244. The summed E-state index contributed by atoms with van der Waals surface area (Å²) in [6.07, 6.45) is 3.28. The topological polar surface area (TPSA) is 143 Å². The second-order valence-electron chi connectivity index (χ2n) is 9.37. The Balaban J connectivity index is 1.96. The summed E-state index contributed by atoms with van der Waals surface area (Å²) < 4.78 is 5.48. The van der Waals surface area contributed by atoms with Crippen LogP contribution in [0.5, 0.6) is 0 Å². The molecule has 1 aromatic rings. The van der Waals surface area contributed by atoms with Crippen LogP contribution in [-0.4, -0.2) is 71.9 Å². The molecule has 2 aliphatic rings. The van der Waals surface area contributed by atoms with Crippen LogP contribution in [0.3, 0.4) is 0 Å². The van der Waals surface area contributed by atoms with E-state index in [4.69, 9.17) is 4.74 Å². The van der Waals surface area contributed by atoms with Gasteiger partial charge in [-0.15, -0.1) is 0 Å². The number of hydrogen-bond acceptors (Lipinski definition) is 8. The Bertz CT molecular complexity index is 1040. The Morgan fingerprint density at radius 1 is 0.947 bits per heavy atom. The van der Waals surface area contributed by atoms with Gasteiger partial charge in [0.25, 0.3) is 0 Å². The Hall–Kier alpha value is -2.99. The van der Waals surface area contributed by atoms with Crippen molar-refractivity contribution in [1.29, 1.82) is 0 Å². The molecule has 4 atom stereocenters. The number of allylic oxidation sites excluding steroid dienone is 1. The van der Waals surface area contributed by atoms with Crippen molar-refractivity contribution in [3.63, 3.8) is 0 Å². The Kier molecular flexibility index (Phi) is 11.5. The molecule has 4 amide bonds. The molecule has 3 rings (SSSR count). The third-order valence-corrected chi connectivity index (χ3v) is 8.37. The predicted molar refractivity (Wildman–Crippen MR) is 147 cm³/mol. The molecule has 206 valence electrons. The van der Waals surface area contributed by atoms with E-state index in [1.807, 2.05) is 36.4 Å². The normalized spacial score (nSPS) is 27.3. The molecule has 0 radical (unpaired) electrons. The number of hydrogen-bond donors (Lipinski definition) is 4. The highest BCUT2D eigenvalue weighted by Crippen LogP contribution is 2.24. The van der Waals surface area contributed by atoms with Crippen LogP contribution >= 0.6 is 21.6 Å². The predicted octanol–water partition coefficient (Wildman–Crippen LogP) is 1.11. The number of rotatable bonds is 3. The van der Waals surface area contributed by atoms with Gasteiger partial charge in [-0.25, -0.2) is 0 Å². The zero-order valence-electron chi connectivity index (χ0n) is 21.4. The van der Waals surface area contributed by atoms with Crippen molar-refractivity contribution in [2.45, 2.75) is 57.3 Å². The van der Waals surface area contributed by atoms with E-state index in [0.29, 0.717) is 12.2 Å². The van der Waals surface area contributed by atoms with Crippen LogP contribution < -0.4 is 21.3 Å². The first-order valence-electron chi connectivity index (χ1n) is 12.5. The highest BCUT2D eigenvalue weighted by molar-refractivity contribution is 8.76. The summed E-state index contributed by atoms with van der Waals surface area (Å²) in [7, 11) is 2.97. The van der Waals surface area contributed by atoms with Gasteiger partial charge in [0.2, 0.25) is 23.6 Å². The van der Waals surface area contributed by atoms with Gasteiger partial charge in [-0.05, 0) is 24.0 Å². The average Bonchev–Trinajstić information content (AvgIpc) is 2.88. The number of amides is 4. The Morgan fingerprint density at radius 2 is 1.71 bits per heavy atom. The zero-order chi connectivity index (χ0) is 27.5. The molecule has 0 saturated carbocycles. The molecular formula is C26H34N4O6S2. The molecule has 38 heavy (non-hydrogen) atoms. The molecule has 10 nitrogen and oxygen atoms in total. The fourth-order valence-corrected chi connectivity index (χ4v) is 6.06. The highest BCUT2D eigenvalue weighted by Gasteiger charge is 2.32. The minimum Gasteiger partial charge on any atom is -0.456 e. The first kappa shape index (κ1) is 29.6. The maximum absolute atomic E-state index is 13.4. The molecule has 0 spiro atoms. The Morgan fingerprint density at radius 3 is 2.45 bits per heavy atom. The summed E-state index contributed by atoms with van der Waals surface area (Å²) in [6.45, 7) is 3.15. The number of ether oxygens (including phenoxy) is 1. The van der Waals surface area contributed by atoms with Crippen LogP contribution in [0.15, 0.2) is 42.5 Å². The number of fused-ring (bicyclic) bond motifs is 7. The first-order chi connectivity index (χ1) is 18.2. The monoisotopic (exact) mass is 562 g/mol. The van der Waals surface area contributed by atoms with Crippen molar-refractivity contribution in [2.24, 2.45) is 5.92 Å². The van der Waals surface area contributed by atoms with E-state index in [2.05, 4.69) is 21.3 Å². The fourth-order valence-electron chi connectivity index (χ4n) is 3.91. The lowest BCUT2D eigenvalue weighted by atomic mass is 10.0. The van der Waals surface area contributed by atoms with Crippen LogP contribution in [-0.2, 0) is 35.1 Å². The summed E-state index contributed by atoms with van der Waals surface area (Å²) >= 11 is 0. The second kappa shape index (κ2) is 14.8. The molecule has 2 heterocycles. The zero-order valence-corrected chi connectivity index (χ0v) is 23.1. The van der Waals surface area contributed by atoms with Crippen molar-refractivity contribution in [3.05, 3.63) is 48.0 Å². The maximum atomic E-state index is 13.4. The second-order valence-corrected chi connectivity index (χ2v) is 12.0. The highest BCUT2D eigenvalue weighted by atomic mass is 33.1. The lowest BCUT2D eigenvalue weighted by Crippen LogP contribution is -2.59. The number of benzene rings is 1. The molecule has 0 aliphatic carbocycles. The lowest BCUT2D eigenvalue weighted by molar-refractivity contribution is -0.148. The third-order valence-electron chi connectivity index (χ3n) is 5.93. The smallest absolute Gasteiger partial charge is 0.326 e. The molecule has 1 unspecified atom stereocenters. The summed E-state index contributed by atoms with van der Waals surface area (Å²) in [5, 5.41) is 10.8. The van der Waals surface area contributed by atoms with Crippen LogP contribution in [0.1, 0.15) is 32.3 Å². The number of carbonyl (C=O) groups is 5. The van der Waals surface area contributed by atoms with E-state index >= 15 is 0 Å². The number of esters is 1. The van der Waals surface area contributed by atoms with E-state index < -0.39 is 60.4 Å². The molecule has 1 saturated heterocycles. The van der Waals surface area contributed by atoms with Crippen LogP contribution in [0.2, 0.25) is 0 Å². The third kappa shape index (κ3) is 9.39. The molecule has 2 bridgehead atoms. The van der Waals surface area contributed by atoms with Gasteiger partial charge in [0, 0.05) is 17.9 Å². The summed E-state index contributed by atoms with van der Waals surface area (Å²) in [4.78, 5) is 65.1. The van der Waals surface area contributed by atoms with E-state index in [1.165, 1.54) is 21.6 Å². The molecular weight excluding hydrogens is 528 g/mol. The minimum atomic E-state index is -0.991. The largest absolute Gasteiger partial charge is 0.456 e. The van der Waals surface area contributed by atoms with Crippen molar-refractivity contribution < 1.29 is 28.7 Å². The fraction of sp³-hybridized carbons (Fsp3) is 0.500. The van der Waals surface area contributed by atoms with E-state index in [1.54, 1.807) is 19.9 Å². The summed E-state index contributed by atoms with van der Waals surface area (Å²) in [5.41, 5.74) is 0.814. The Labute approximate surface area is 230 Å². The van der Waals surface area contributed by atoms with Crippen molar-refractivity contribution in [2.75, 3.05) is 18.1 Å². The molecule has 4 N–H and O–H groups in total. The minimum absolute atomic E-state index is 0.185.